The molecule has 1 saturated heterocycles. The number of hydrogen-bond donors (Lipinski definition) is 0. The molecule has 2 aromatic rings. The van der Waals surface area contributed by atoms with Gasteiger partial charge in [0.25, 0.3) is 0 Å². The number of pyridine rings is 1. The summed E-state index contributed by atoms with van der Waals surface area (Å²) in [5, 5.41) is 4.54. The van der Waals surface area contributed by atoms with Crippen molar-refractivity contribution in [3.8, 4) is 0 Å². The summed E-state index contributed by atoms with van der Waals surface area (Å²) in [6.45, 7) is 5.66. The molecule has 1 aliphatic rings. The van der Waals surface area contributed by atoms with Crippen LogP contribution in [-0.2, 0) is 6.42 Å². The molecule has 96 valence electrons. The highest BCUT2D eigenvalue weighted by Crippen LogP contribution is 2.10. The van der Waals surface area contributed by atoms with Gasteiger partial charge in [-0.1, -0.05) is 12.5 Å². The van der Waals surface area contributed by atoms with E-state index in [0.29, 0.717) is 0 Å². The summed E-state index contributed by atoms with van der Waals surface area (Å²) in [5.74, 6) is 0.964. The SMILES string of the molecule is Cc1ccc2nc(CCN3CCCCC3)nn2c1. The minimum Gasteiger partial charge on any atom is -0.303 e. The molecular formula is C14H20N4. The summed E-state index contributed by atoms with van der Waals surface area (Å²) in [5.41, 5.74) is 2.17. The number of piperidine rings is 1. The minimum absolute atomic E-state index is 0.953. The van der Waals surface area contributed by atoms with E-state index in [9.17, 15) is 0 Å². The number of hydrogen-bond acceptors (Lipinski definition) is 3. The van der Waals surface area contributed by atoms with Crippen LogP contribution in [0.5, 0.6) is 0 Å². The van der Waals surface area contributed by atoms with E-state index in [2.05, 4.69) is 28.0 Å². The Labute approximate surface area is 108 Å². The lowest BCUT2D eigenvalue weighted by Crippen LogP contribution is -2.31. The lowest BCUT2D eigenvalue weighted by molar-refractivity contribution is 0.230. The predicted octanol–water partition coefficient (Wildman–Crippen LogP) is 2.07. The van der Waals surface area contributed by atoms with E-state index in [1.165, 1.54) is 37.9 Å². The average Bonchev–Trinajstić information content (AvgIpc) is 2.79. The van der Waals surface area contributed by atoms with Crippen LogP contribution in [0.2, 0.25) is 0 Å². The first kappa shape index (κ1) is 11.7. The molecule has 4 heteroatoms. The molecule has 4 nitrogen and oxygen atoms in total. The lowest BCUT2D eigenvalue weighted by atomic mass is 10.1. The summed E-state index contributed by atoms with van der Waals surface area (Å²) in [6.07, 6.45) is 7.07. The third-order valence-corrected chi connectivity index (χ3v) is 3.62. The van der Waals surface area contributed by atoms with Crippen molar-refractivity contribution >= 4 is 5.65 Å². The maximum absolute atomic E-state index is 4.56. The Morgan fingerprint density at radius 2 is 2.00 bits per heavy atom. The van der Waals surface area contributed by atoms with Crippen LogP contribution in [-0.4, -0.2) is 39.1 Å². The molecule has 0 aliphatic carbocycles. The fourth-order valence-corrected chi connectivity index (χ4v) is 2.58. The fourth-order valence-electron chi connectivity index (χ4n) is 2.58. The molecular weight excluding hydrogens is 224 g/mol. The van der Waals surface area contributed by atoms with Crippen LogP contribution in [0.25, 0.3) is 5.65 Å². The molecule has 3 rings (SSSR count). The summed E-state index contributed by atoms with van der Waals surface area (Å²) in [4.78, 5) is 7.09. The molecule has 1 fully saturated rings. The van der Waals surface area contributed by atoms with E-state index in [-0.39, 0.29) is 0 Å². The first-order chi connectivity index (χ1) is 8.81. The van der Waals surface area contributed by atoms with Gasteiger partial charge in [-0.15, -0.1) is 0 Å². The quantitative estimate of drug-likeness (QED) is 0.828. The van der Waals surface area contributed by atoms with Crippen molar-refractivity contribution in [3.05, 3.63) is 29.7 Å². The molecule has 0 spiro atoms. The van der Waals surface area contributed by atoms with Crippen molar-refractivity contribution in [1.82, 2.24) is 19.5 Å². The minimum atomic E-state index is 0.953. The molecule has 0 atom stereocenters. The largest absolute Gasteiger partial charge is 0.303 e. The van der Waals surface area contributed by atoms with E-state index in [0.717, 1.165) is 24.4 Å². The van der Waals surface area contributed by atoms with E-state index in [4.69, 9.17) is 0 Å². The van der Waals surface area contributed by atoms with Crippen LogP contribution in [0, 0.1) is 6.92 Å². The summed E-state index contributed by atoms with van der Waals surface area (Å²) in [6, 6.07) is 4.12. The number of aromatic nitrogens is 3. The zero-order valence-electron chi connectivity index (χ0n) is 11.0. The second-order valence-corrected chi connectivity index (χ2v) is 5.19. The number of nitrogens with zero attached hydrogens (tertiary/aromatic N) is 4. The Kier molecular flexibility index (Phi) is 3.28. The predicted molar refractivity (Wildman–Crippen MR) is 71.7 cm³/mol. The highest BCUT2D eigenvalue weighted by Gasteiger charge is 2.11. The Balaban J connectivity index is 1.67. The normalized spacial score (nSPS) is 17.4. The standard InChI is InChI=1S/C14H20N4/c1-12-5-6-14-15-13(16-18(14)11-12)7-10-17-8-3-2-4-9-17/h5-6,11H,2-4,7-10H2,1H3. The van der Waals surface area contributed by atoms with Crippen molar-refractivity contribution in [1.29, 1.82) is 0 Å². The van der Waals surface area contributed by atoms with Gasteiger partial charge in [-0.3, -0.25) is 0 Å². The Morgan fingerprint density at radius 1 is 1.17 bits per heavy atom. The van der Waals surface area contributed by atoms with Gasteiger partial charge in [0.15, 0.2) is 11.5 Å². The smallest absolute Gasteiger partial charge is 0.155 e. The topological polar surface area (TPSA) is 33.4 Å². The first-order valence-electron chi connectivity index (χ1n) is 6.85. The molecule has 0 saturated carbocycles. The molecule has 0 radical (unpaired) electrons. The van der Waals surface area contributed by atoms with Crippen molar-refractivity contribution in [2.75, 3.05) is 19.6 Å². The zero-order chi connectivity index (χ0) is 12.4. The van der Waals surface area contributed by atoms with E-state index < -0.39 is 0 Å². The summed E-state index contributed by atoms with van der Waals surface area (Å²) in [7, 11) is 0. The van der Waals surface area contributed by atoms with E-state index in [1.54, 1.807) is 0 Å². The molecule has 1 aliphatic heterocycles. The van der Waals surface area contributed by atoms with Gasteiger partial charge < -0.3 is 4.90 Å². The molecule has 0 bridgehead atoms. The van der Waals surface area contributed by atoms with Crippen molar-refractivity contribution < 1.29 is 0 Å². The van der Waals surface area contributed by atoms with Gasteiger partial charge in [-0.25, -0.2) is 9.50 Å². The van der Waals surface area contributed by atoms with Crippen LogP contribution < -0.4 is 0 Å². The van der Waals surface area contributed by atoms with E-state index >= 15 is 0 Å². The number of fused-ring (bicyclic) bond motifs is 1. The summed E-state index contributed by atoms with van der Waals surface area (Å²) < 4.78 is 1.89. The Morgan fingerprint density at radius 3 is 2.83 bits per heavy atom. The van der Waals surface area contributed by atoms with Crippen LogP contribution in [0.3, 0.4) is 0 Å². The molecule has 0 aromatic carbocycles. The van der Waals surface area contributed by atoms with Crippen molar-refractivity contribution in [3.63, 3.8) is 0 Å². The highest BCUT2D eigenvalue weighted by atomic mass is 15.3. The third-order valence-electron chi connectivity index (χ3n) is 3.62. The second kappa shape index (κ2) is 5.06. The van der Waals surface area contributed by atoms with Crippen LogP contribution in [0.1, 0.15) is 30.7 Å². The molecule has 3 heterocycles. The molecule has 0 N–H and O–H groups in total. The van der Waals surface area contributed by atoms with Crippen LogP contribution in [0.4, 0.5) is 0 Å². The molecule has 0 amide bonds. The fraction of sp³-hybridized carbons (Fsp3) is 0.571. The van der Waals surface area contributed by atoms with Gasteiger partial charge in [0.2, 0.25) is 0 Å². The Hall–Kier alpha value is -1.42. The van der Waals surface area contributed by atoms with Crippen molar-refractivity contribution in [2.45, 2.75) is 32.6 Å². The van der Waals surface area contributed by atoms with Gasteiger partial charge in [0.05, 0.1) is 0 Å². The maximum Gasteiger partial charge on any atom is 0.155 e. The Bertz CT molecular complexity index is 526. The van der Waals surface area contributed by atoms with Crippen LogP contribution >= 0.6 is 0 Å². The van der Waals surface area contributed by atoms with Gasteiger partial charge in [0, 0.05) is 19.2 Å². The lowest BCUT2D eigenvalue weighted by Gasteiger charge is -2.25. The van der Waals surface area contributed by atoms with Gasteiger partial charge in [-0.2, -0.15) is 5.10 Å². The summed E-state index contributed by atoms with van der Waals surface area (Å²) >= 11 is 0. The van der Waals surface area contributed by atoms with Gasteiger partial charge in [0.1, 0.15) is 0 Å². The average molecular weight is 244 g/mol. The van der Waals surface area contributed by atoms with Gasteiger partial charge >= 0.3 is 0 Å². The maximum atomic E-state index is 4.56. The zero-order valence-corrected chi connectivity index (χ0v) is 11.0. The first-order valence-corrected chi connectivity index (χ1v) is 6.85. The molecule has 2 aromatic heterocycles. The monoisotopic (exact) mass is 244 g/mol. The molecule has 0 unspecified atom stereocenters. The number of likely N-dealkylation sites (tertiary alicyclic amines) is 1. The van der Waals surface area contributed by atoms with Crippen molar-refractivity contribution in [2.24, 2.45) is 0 Å². The second-order valence-electron chi connectivity index (χ2n) is 5.19. The number of aryl methyl sites for hydroxylation is 1. The molecule has 18 heavy (non-hydrogen) atoms. The van der Waals surface area contributed by atoms with Crippen LogP contribution in [0.15, 0.2) is 18.3 Å². The van der Waals surface area contributed by atoms with E-state index in [1.807, 2.05) is 16.8 Å². The number of rotatable bonds is 3. The third kappa shape index (κ3) is 2.53. The van der Waals surface area contributed by atoms with Gasteiger partial charge in [-0.05, 0) is 44.5 Å². The highest BCUT2D eigenvalue weighted by molar-refractivity contribution is 5.38.